The van der Waals surface area contributed by atoms with Gasteiger partial charge < -0.3 is 10.2 Å². The normalized spacial score (nSPS) is 15.6. The molecule has 0 radical (unpaired) electrons. The summed E-state index contributed by atoms with van der Waals surface area (Å²) in [6, 6.07) is 8.40. The highest BCUT2D eigenvalue weighted by Crippen LogP contribution is 2.39. The molecule has 1 aromatic heterocycles. The molecule has 20 heavy (non-hydrogen) atoms. The molecule has 0 atom stereocenters. The van der Waals surface area contributed by atoms with Gasteiger partial charge in [0.1, 0.15) is 0 Å². The van der Waals surface area contributed by atoms with Gasteiger partial charge in [0.25, 0.3) is 0 Å². The van der Waals surface area contributed by atoms with Crippen molar-refractivity contribution in [1.82, 2.24) is 10.3 Å². The summed E-state index contributed by atoms with van der Waals surface area (Å²) in [4.78, 5) is 7.26. The number of rotatable bonds is 3. The van der Waals surface area contributed by atoms with Crippen molar-refractivity contribution in [3.63, 3.8) is 0 Å². The van der Waals surface area contributed by atoms with Gasteiger partial charge in [-0.1, -0.05) is 39.4 Å². The average Bonchev–Trinajstić information content (AvgIpc) is 2.93. The third-order valence-electron chi connectivity index (χ3n) is 3.28. The monoisotopic (exact) mass is 369 g/mol. The average molecular weight is 370 g/mol. The maximum Gasteiger partial charge on any atom is 0.187 e. The number of thioether (sulfide) groups is 1. The van der Waals surface area contributed by atoms with Crippen LogP contribution in [0.3, 0.4) is 0 Å². The van der Waals surface area contributed by atoms with Crippen LogP contribution in [0.4, 0.5) is 5.13 Å². The third kappa shape index (κ3) is 3.03. The molecule has 106 valence electrons. The second kappa shape index (κ2) is 6.47. The van der Waals surface area contributed by atoms with E-state index in [-0.39, 0.29) is 0 Å². The molecule has 1 N–H and O–H groups in total. The Labute approximate surface area is 135 Å². The van der Waals surface area contributed by atoms with E-state index in [1.807, 2.05) is 0 Å². The molecule has 1 aliphatic heterocycles. The van der Waals surface area contributed by atoms with E-state index in [9.17, 15) is 0 Å². The lowest BCUT2D eigenvalue weighted by Crippen LogP contribution is -2.43. The van der Waals surface area contributed by atoms with Crippen LogP contribution in [0.15, 0.2) is 32.9 Å². The minimum absolute atomic E-state index is 1.04. The van der Waals surface area contributed by atoms with E-state index in [2.05, 4.69) is 56.7 Å². The minimum atomic E-state index is 1.04. The highest BCUT2D eigenvalue weighted by Gasteiger charge is 2.18. The van der Waals surface area contributed by atoms with Gasteiger partial charge in [0.15, 0.2) is 5.13 Å². The zero-order valence-electron chi connectivity index (χ0n) is 11.2. The highest BCUT2D eigenvalue weighted by molar-refractivity contribution is 9.10. The molecule has 3 nitrogen and oxygen atoms in total. The molecule has 1 fully saturated rings. The van der Waals surface area contributed by atoms with Crippen LogP contribution in [0, 0.1) is 0 Å². The molecule has 0 aliphatic carbocycles. The smallest absolute Gasteiger partial charge is 0.187 e. The van der Waals surface area contributed by atoms with Crippen LogP contribution in [0.1, 0.15) is 0 Å². The lowest BCUT2D eigenvalue weighted by molar-refractivity contribution is 0.588. The van der Waals surface area contributed by atoms with Gasteiger partial charge in [0.2, 0.25) is 0 Å². The zero-order valence-corrected chi connectivity index (χ0v) is 14.4. The van der Waals surface area contributed by atoms with Crippen LogP contribution >= 0.6 is 39.0 Å². The van der Waals surface area contributed by atoms with Crippen molar-refractivity contribution in [3.8, 4) is 11.3 Å². The molecule has 2 aromatic rings. The second-order valence-electron chi connectivity index (χ2n) is 4.58. The summed E-state index contributed by atoms with van der Waals surface area (Å²) in [5, 5.41) is 4.53. The summed E-state index contributed by atoms with van der Waals surface area (Å²) in [7, 11) is 0. The lowest BCUT2D eigenvalue weighted by atomic mass is 10.2. The Morgan fingerprint density at radius 2 is 1.95 bits per heavy atom. The summed E-state index contributed by atoms with van der Waals surface area (Å²) in [6.45, 7) is 4.17. The molecular weight excluding hydrogens is 354 g/mol. The number of anilines is 1. The van der Waals surface area contributed by atoms with E-state index in [1.54, 1.807) is 23.1 Å². The van der Waals surface area contributed by atoms with Crippen molar-refractivity contribution >= 4 is 44.2 Å². The van der Waals surface area contributed by atoms with Gasteiger partial charge in [0.05, 0.1) is 9.90 Å². The van der Waals surface area contributed by atoms with E-state index < -0.39 is 0 Å². The number of halogens is 1. The largest absolute Gasteiger partial charge is 0.345 e. The van der Waals surface area contributed by atoms with E-state index in [4.69, 9.17) is 4.98 Å². The first kappa shape index (κ1) is 14.4. The van der Waals surface area contributed by atoms with E-state index in [0.29, 0.717) is 0 Å². The number of aromatic nitrogens is 1. The molecule has 1 saturated heterocycles. The summed E-state index contributed by atoms with van der Waals surface area (Å²) < 4.78 is 2.39. The van der Waals surface area contributed by atoms with Crippen molar-refractivity contribution in [2.45, 2.75) is 4.21 Å². The summed E-state index contributed by atoms with van der Waals surface area (Å²) in [6.07, 6.45) is 2.12. The Kier molecular flexibility index (Phi) is 4.65. The van der Waals surface area contributed by atoms with E-state index in [1.165, 1.54) is 9.77 Å². The first-order valence-electron chi connectivity index (χ1n) is 6.54. The predicted octanol–water partition coefficient (Wildman–Crippen LogP) is 3.70. The number of hydrogen-bond donors (Lipinski definition) is 1. The number of nitrogens with zero attached hydrogens (tertiary/aromatic N) is 2. The summed E-state index contributed by atoms with van der Waals surface area (Å²) in [5.74, 6) is 0. The number of nitrogens with one attached hydrogen (secondary N) is 1. The molecule has 6 heteroatoms. The fourth-order valence-corrected chi connectivity index (χ4v) is 4.27. The zero-order chi connectivity index (χ0) is 13.9. The quantitative estimate of drug-likeness (QED) is 0.834. The molecule has 1 aromatic carbocycles. The molecule has 2 heterocycles. The molecule has 0 amide bonds. The topological polar surface area (TPSA) is 28.2 Å². The summed E-state index contributed by atoms with van der Waals surface area (Å²) >= 11 is 7.07. The fourth-order valence-electron chi connectivity index (χ4n) is 2.22. The van der Waals surface area contributed by atoms with Gasteiger partial charge in [-0.2, -0.15) is 0 Å². The molecule has 0 bridgehead atoms. The number of piperazine rings is 1. The van der Waals surface area contributed by atoms with Crippen LogP contribution in [-0.2, 0) is 0 Å². The molecular formula is C14H16BrN3S2. The maximum absolute atomic E-state index is 4.89. The Balaban J connectivity index is 1.93. The van der Waals surface area contributed by atoms with E-state index >= 15 is 0 Å². The van der Waals surface area contributed by atoms with Crippen LogP contribution in [0.25, 0.3) is 11.3 Å². The molecule has 0 saturated carbocycles. The van der Waals surface area contributed by atoms with Crippen molar-refractivity contribution in [3.05, 3.63) is 28.7 Å². The van der Waals surface area contributed by atoms with Crippen molar-refractivity contribution in [2.24, 2.45) is 0 Å². The van der Waals surface area contributed by atoms with Gasteiger partial charge in [-0.25, -0.2) is 4.98 Å². The van der Waals surface area contributed by atoms with Crippen LogP contribution in [0.5, 0.6) is 0 Å². The van der Waals surface area contributed by atoms with Crippen molar-refractivity contribution < 1.29 is 0 Å². The third-order valence-corrected chi connectivity index (χ3v) is 6.03. The van der Waals surface area contributed by atoms with Crippen LogP contribution < -0.4 is 10.2 Å². The van der Waals surface area contributed by atoms with Gasteiger partial charge in [-0.3, -0.25) is 0 Å². The van der Waals surface area contributed by atoms with Crippen LogP contribution in [0.2, 0.25) is 0 Å². The Morgan fingerprint density at radius 3 is 2.60 bits per heavy atom. The van der Waals surface area contributed by atoms with Gasteiger partial charge in [-0.15, -0.1) is 11.8 Å². The van der Waals surface area contributed by atoms with Gasteiger partial charge in [0, 0.05) is 36.2 Å². The number of benzene rings is 1. The van der Waals surface area contributed by atoms with Crippen molar-refractivity contribution in [1.29, 1.82) is 0 Å². The maximum atomic E-state index is 4.89. The highest BCUT2D eigenvalue weighted by atomic mass is 79.9. The van der Waals surface area contributed by atoms with Crippen molar-refractivity contribution in [2.75, 3.05) is 37.3 Å². The Morgan fingerprint density at radius 1 is 1.25 bits per heavy atom. The molecule has 3 rings (SSSR count). The second-order valence-corrected chi connectivity index (χ2v) is 7.55. The minimum Gasteiger partial charge on any atom is -0.345 e. The number of hydrogen-bond acceptors (Lipinski definition) is 5. The molecule has 0 spiro atoms. The lowest BCUT2D eigenvalue weighted by Gasteiger charge is -2.26. The van der Waals surface area contributed by atoms with E-state index in [0.717, 1.165) is 41.5 Å². The first-order valence-corrected chi connectivity index (χ1v) is 9.38. The van der Waals surface area contributed by atoms with Gasteiger partial charge in [-0.05, 0) is 18.4 Å². The summed E-state index contributed by atoms with van der Waals surface area (Å²) in [5.41, 5.74) is 2.30. The molecule has 1 aliphatic rings. The van der Waals surface area contributed by atoms with Crippen LogP contribution in [-0.4, -0.2) is 37.4 Å². The predicted molar refractivity (Wildman–Crippen MR) is 92.1 cm³/mol. The first-order chi connectivity index (χ1) is 9.78. The number of thiazole rings is 1. The fraction of sp³-hybridized carbons (Fsp3) is 0.357. The SMILES string of the molecule is CSc1sc(N2CCNCC2)nc1-c1ccc(Br)cc1. The Bertz CT molecular complexity index is 577. The Hall–Kier alpha value is -0.560. The van der Waals surface area contributed by atoms with Gasteiger partial charge >= 0.3 is 0 Å². The molecule has 0 unspecified atom stereocenters. The standard InChI is InChI=1S/C14H16BrN3S2/c1-19-13-12(10-2-4-11(15)5-3-10)17-14(20-13)18-8-6-16-7-9-18/h2-5,16H,6-9H2,1H3.